The summed E-state index contributed by atoms with van der Waals surface area (Å²) in [6, 6.07) is 16.6. The Morgan fingerprint density at radius 3 is 2.45 bits per heavy atom. The molecule has 2 aromatic rings. The van der Waals surface area contributed by atoms with Crippen molar-refractivity contribution in [2.24, 2.45) is 0 Å². The fourth-order valence-corrected chi connectivity index (χ4v) is 5.47. The lowest BCUT2D eigenvalue weighted by Crippen LogP contribution is -2.51. The molecule has 3 aliphatic heterocycles. The highest BCUT2D eigenvalue weighted by molar-refractivity contribution is 5.89. The van der Waals surface area contributed by atoms with Crippen molar-refractivity contribution in [3.63, 3.8) is 0 Å². The number of carbonyl (C=O) groups excluding carboxylic acids is 2. The molecule has 2 aromatic carbocycles. The third-order valence-corrected chi connectivity index (χ3v) is 7.30. The van der Waals surface area contributed by atoms with Crippen molar-refractivity contribution in [2.45, 2.75) is 36.7 Å². The van der Waals surface area contributed by atoms with Crippen LogP contribution in [0.15, 0.2) is 54.6 Å². The Morgan fingerprint density at radius 1 is 0.970 bits per heavy atom. The summed E-state index contributed by atoms with van der Waals surface area (Å²) in [4.78, 5) is 29.9. The van der Waals surface area contributed by atoms with E-state index in [4.69, 9.17) is 9.47 Å². The van der Waals surface area contributed by atoms with Gasteiger partial charge in [-0.1, -0.05) is 48.5 Å². The highest BCUT2D eigenvalue weighted by Crippen LogP contribution is 2.41. The molecule has 3 heterocycles. The molecular formula is C26H29FN2O4. The number of halogens is 1. The van der Waals surface area contributed by atoms with E-state index < -0.39 is 11.0 Å². The van der Waals surface area contributed by atoms with Crippen molar-refractivity contribution < 1.29 is 23.5 Å². The first kappa shape index (κ1) is 21.9. The van der Waals surface area contributed by atoms with Crippen molar-refractivity contribution in [3.8, 4) is 0 Å². The van der Waals surface area contributed by atoms with Crippen LogP contribution < -0.4 is 0 Å². The fraction of sp³-hybridized carbons (Fsp3) is 0.462. The average molecular weight is 453 g/mol. The Bertz CT molecular complexity index is 1020. The van der Waals surface area contributed by atoms with Gasteiger partial charge in [0.1, 0.15) is 5.82 Å². The van der Waals surface area contributed by atoms with E-state index in [0.717, 1.165) is 6.42 Å². The molecule has 174 valence electrons. The molecule has 33 heavy (non-hydrogen) atoms. The standard InChI is InChI=1S/C26H29FN2O4/c27-22-9-5-4-8-21(22)26(12-16-32-17-13-26)23(30)28-15-11-25(18-28)19-29(24(31)33-25)14-10-20-6-2-1-3-7-20/h1-9H,10-19H2/t25-/m0/s1. The largest absolute Gasteiger partial charge is 0.439 e. The molecular weight excluding hydrogens is 423 g/mol. The summed E-state index contributed by atoms with van der Waals surface area (Å²) in [5, 5.41) is 0. The maximum Gasteiger partial charge on any atom is 0.410 e. The summed E-state index contributed by atoms with van der Waals surface area (Å²) < 4.78 is 26.2. The molecule has 0 unspecified atom stereocenters. The summed E-state index contributed by atoms with van der Waals surface area (Å²) in [6.45, 7) is 2.72. The van der Waals surface area contributed by atoms with Crippen molar-refractivity contribution in [1.82, 2.24) is 9.80 Å². The van der Waals surface area contributed by atoms with Gasteiger partial charge in [0.05, 0.1) is 18.5 Å². The van der Waals surface area contributed by atoms with Gasteiger partial charge in [0, 0.05) is 38.3 Å². The Kier molecular flexibility index (Phi) is 5.83. The second-order valence-corrected chi connectivity index (χ2v) is 9.36. The van der Waals surface area contributed by atoms with E-state index in [1.54, 1.807) is 28.0 Å². The first-order valence-electron chi connectivity index (χ1n) is 11.7. The van der Waals surface area contributed by atoms with Crippen molar-refractivity contribution >= 4 is 12.0 Å². The number of likely N-dealkylation sites (tertiary alicyclic amines) is 1. The van der Waals surface area contributed by atoms with Gasteiger partial charge in [0.15, 0.2) is 5.60 Å². The van der Waals surface area contributed by atoms with E-state index in [2.05, 4.69) is 0 Å². The zero-order valence-corrected chi connectivity index (χ0v) is 18.7. The molecule has 0 saturated carbocycles. The summed E-state index contributed by atoms with van der Waals surface area (Å²) in [5.74, 6) is -0.451. The lowest BCUT2D eigenvalue weighted by Gasteiger charge is -2.39. The number of ether oxygens (including phenoxy) is 2. The van der Waals surface area contributed by atoms with Crippen LogP contribution in [0.5, 0.6) is 0 Å². The highest BCUT2D eigenvalue weighted by Gasteiger charge is 2.54. The second kappa shape index (κ2) is 8.78. The van der Waals surface area contributed by atoms with Crippen LogP contribution in [0, 0.1) is 5.82 Å². The minimum absolute atomic E-state index is 0.0911. The summed E-state index contributed by atoms with van der Waals surface area (Å²) >= 11 is 0. The molecule has 2 amide bonds. The summed E-state index contributed by atoms with van der Waals surface area (Å²) in [7, 11) is 0. The molecule has 3 aliphatic rings. The summed E-state index contributed by atoms with van der Waals surface area (Å²) in [5.41, 5.74) is -0.0246. The number of hydrogen-bond donors (Lipinski definition) is 0. The predicted molar refractivity (Wildman–Crippen MR) is 120 cm³/mol. The Balaban J connectivity index is 1.30. The van der Waals surface area contributed by atoms with E-state index >= 15 is 0 Å². The molecule has 1 spiro atoms. The van der Waals surface area contributed by atoms with Crippen LogP contribution in [0.4, 0.5) is 9.18 Å². The van der Waals surface area contributed by atoms with Crippen LogP contribution in [0.1, 0.15) is 30.4 Å². The van der Waals surface area contributed by atoms with Crippen LogP contribution in [-0.2, 0) is 26.1 Å². The zero-order chi connectivity index (χ0) is 22.9. The topological polar surface area (TPSA) is 59.1 Å². The van der Waals surface area contributed by atoms with Crippen molar-refractivity contribution in [3.05, 3.63) is 71.5 Å². The van der Waals surface area contributed by atoms with Gasteiger partial charge in [-0.15, -0.1) is 0 Å². The number of carbonyl (C=O) groups is 2. The molecule has 5 rings (SSSR count). The monoisotopic (exact) mass is 452 g/mol. The maximum absolute atomic E-state index is 14.8. The Morgan fingerprint density at radius 2 is 1.70 bits per heavy atom. The van der Waals surface area contributed by atoms with E-state index in [-0.39, 0.29) is 17.8 Å². The third-order valence-electron chi connectivity index (χ3n) is 7.30. The number of benzene rings is 2. The van der Waals surface area contributed by atoms with Crippen LogP contribution in [0.3, 0.4) is 0 Å². The van der Waals surface area contributed by atoms with Crippen LogP contribution in [-0.4, -0.2) is 66.8 Å². The van der Waals surface area contributed by atoms with Gasteiger partial charge in [-0.3, -0.25) is 4.79 Å². The third kappa shape index (κ3) is 4.10. The summed E-state index contributed by atoms with van der Waals surface area (Å²) in [6.07, 6.45) is 1.91. The fourth-order valence-electron chi connectivity index (χ4n) is 5.47. The number of amides is 2. The first-order valence-corrected chi connectivity index (χ1v) is 11.7. The van der Waals surface area contributed by atoms with Crippen molar-refractivity contribution in [1.29, 1.82) is 0 Å². The lowest BCUT2D eigenvalue weighted by molar-refractivity contribution is -0.141. The minimum atomic E-state index is -0.940. The van der Waals surface area contributed by atoms with Gasteiger partial charge in [0.2, 0.25) is 5.91 Å². The van der Waals surface area contributed by atoms with E-state index in [1.807, 2.05) is 30.3 Å². The molecule has 0 bridgehead atoms. The molecule has 1 atom stereocenters. The van der Waals surface area contributed by atoms with Gasteiger partial charge < -0.3 is 19.3 Å². The predicted octanol–water partition coefficient (Wildman–Crippen LogP) is 3.54. The van der Waals surface area contributed by atoms with Gasteiger partial charge in [-0.05, 0) is 30.9 Å². The molecule has 7 heteroatoms. The molecule has 0 aromatic heterocycles. The van der Waals surface area contributed by atoms with Crippen LogP contribution in [0.25, 0.3) is 0 Å². The minimum Gasteiger partial charge on any atom is -0.439 e. The van der Waals surface area contributed by atoms with Crippen LogP contribution in [0.2, 0.25) is 0 Å². The smallest absolute Gasteiger partial charge is 0.410 e. The second-order valence-electron chi connectivity index (χ2n) is 9.36. The number of rotatable bonds is 5. The molecule has 0 radical (unpaired) electrons. The number of hydrogen-bond acceptors (Lipinski definition) is 4. The van der Waals surface area contributed by atoms with Crippen LogP contribution >= 0.6 is 0 Å². The van der Waals surface area contributed by atoms with Crippen molar-refractivity contribution in [2.75, 3.05) is 39.4 Å². The SMILES string of the molecule is O=C1O[C@]2(CCN(C(=O)C3(c4ccccc4F)CCOCC3)C2)CN1CCc1ccccc1. The van der Waals surface area contributed by atoms with Gasteiger partial charge >= 0.3 is 6.09 Å². The van der Waals surface area contributed by atoms with E-state index in [1.165, 1.54) is 11.6 Å². The highest BCUT2D eigenvalue weighted by atomic mass is 19.1. The van der Waals surface area contributed by atoms with Gasteiger partial charge in [-0.2, -0.15) is 0 Å². The Hall–Kier alpha value is -2.93. The first-order chi connectivity index (χ1) is 16.0. The van der Waals surface area contributed by atoms with Gasteiger partial charge in [-0.25, -0.2) is 9.18 Å². The molecule has 0 N–H and O–H groups in total. The molecule has 3 saturated heterocycles. The average Bonchev–Trinajstić information content (AvgIpc) is 3.40. The quantitative estimate of drug-likeness (QED) is 0.696. The van der Waals surface area contributed by atoms with Gasteiger partial charge in [0.25, 0.3) is 0 Å². The molecule has 6 nitrogen and oxygen atoms in total. The normalized spacial score (nSPS) is 24.3. The maximum atomic E-state index is 14.8. The lowest BCUT2D eigenvalue weighted by atomic mass is 9.72. The molecule has 0 aliphatic carbocycles. The van der Waals surface area contributed by atoms with E-state index in [9.17, 15) is 14.0 Å². The Labute approximate surface area is 193 Å². The zero-order valence-electron chi connectivity index (χ0n) is 18.7. The van der Waals surface area contributed by atoms with E-state index in [0.29, 0.717) is 64.2 Å². The number of nitrogens with zero attached hydrogens (tertiary/aromatic N) is 2. The molecule has 3 fully saturated rings.